The van der Waals surface area contributed by atoms with Gasteiger partial charge in [-0.1, -0.05) is 0 Å². The van der Waals surface area contributed by atoms with Crippen molar-refractivity contribution in [1.82, 2.24) is 0 Å². The Balaban J connectivity index is 2.62. The Bertz CT molecular complexity index is 440. The van der Waals surface area contributed by atoms with Gasteiger partial charge in [-0.3, -0.25) is 0 Å². The Kier molecular flexibility index (Phi) is 1.28. The summed E-state index contributed by atoms with van der Waals surface area (Å²) in [5.74, 6) is 0. The third kappa shape index (κ3) is 0.822. The minimum Gasteiger partial charge on any atom is -0.151 e. The number of hydrogen-bond acceptors (Lipinski definition) is 2. The van der Waals surface area contributed by atoms with Gasteiger partial charge in [-0.25, -0.2) is 0 Å². The fourth-order valence-electron chi connectivity index (χ4n) is 1.43. The first kappa shape index (κ1) is 6.63. The Hall–Kier alpha value is -0.860. The molecule has 2 heterocycles. The maximum absolute atomic E-state index is 2.27. The van der Waals surface area contributed by atoms with Crippen LogP contribution in [0.3, 0.4) is 0 Å². The Morgan fingerprint density at radius 3 is 2.67 bits per heavy atom. The van der Waals surface area contributed by atoms with Gasteiger partial charge < -0.3 is 0 Å². The van der Waals surface area contributed by atoms with Crippen molar-refractivity contribution in [3.05, 3.63) is 34.3 Å². The van der Waals surface area contributed by atoms with Gasteiger partial charge in [-0.2, -0.15) is 11.3 Å². The van der Waals surface area contributed by atoms with Crippen LogP contribution in [0.5, 0.6) is 0 Å². The Labute approximate surface area is 78.1 Å². The summed E-state index contributed by atoms with van der Waals surface area (Å²) in [5.41, 5.74) is 0. The zero-order valence-corrected chi connectivity index (χ0v) is 7.91. The van der Waals surface area contributed by atoms with Crippen LogP contribution in [0, 0.1) is 0 Å². The fourth-order valence-corrected chi connectivity index (χ4v) is 3.02. The number of benzene rings is 1. The van der Waals surface area contributed by atoms with Gasteiger partial charge >= 0.3 is 0 Å². The highest BCUT2D eigenvalue weighted by atomic mass is 32.1. The van der Waals surface area contributed by atoms with Crippen LogP contribution in [0.2, 0.25) is 0 Å². The van der Waals surface area contributed by atoms with E-state index >= 15 is 0 Å². The van der Waals surface area contributed by atoms with E-state index in [1.165, 1.54) is 20.9 Å². The van der Waals surface area contributed by atoms with E-state index in [1.807, 2.05) is 11.3 Å². The second kappa shape index (κ2) is 2.31. The van der Waals surface area contributed by atoms with E-state index in [2.05, 4.69) is 34.3 Å². The largest absolute Gasteiger partial charge is 0.151 e. The van der Waals surface area contributed by atoms with Crippen molar-refractivity contribution in [1.29, 1.82) is 0 Å². The molecule has 0 saturated heterocycles. The summed E-state index contributed by atoms with van der Waals surface area (Å²) in [6.45, 7) is 0. The molecule has 0 nitrogen and oxygen atoms in total. The first-order chi connectivity index (χ1) is 5.93. The Morgan fingerprint density at radius 1 is 0.917 bits per heavy atom. The molecule has 58 valence electrons. The molecule has 0 aliphatic rings. The summed E-state index contributed by atoms with van der Waals surface area (Å²) in [4.78, 5) is 0. The molecular weight excluding hydrogens is 184 g/mol. The fraction of sp³-hybridized carbons (Fsp3) is 0. The molecule has 0 aliphatic carbocycles. The lowest BCUT2D eigenvalue weighted by atomic mass is 10.2. The molecule has 0 saturated carbocycles. The van der Waals surface area contributed by atoms with Crippen molar-refractivity contribution in [2.45, 2.75) is 0 Å². The van der Waals surface area contributed by atoms with Gasteiger partial charge in [0.2, 0.25) is 0 Å². The molecule has 1 aromatic carbocycles. The van der Waals surface area contributed by atoms with E-state index in [9.17, 15) is 0 Å². The van der Waals surface area contributed by atoms with Gasteiger partial charge in [-0.05, 0) is 50.5 Å². The predicted octanol–water partition coefficient (Wildman–Crippen LogP) is 4.12. The molecule has 2 aromatic heterocycles. The molecule has 0 bridgehead atoms. The molecule has 12 heavy (non-hydrogen) atoms. The number of rotatable bonds is 0. The quantitative estimate of drug-likeness (QED) is 0.500. The summed E-state index contributed by atoms with van der Waals surface area (Å²) >= 11 is 3.58. The number of thiophene rings is 2. The molecule has 2 heteroatoms. The first-order valence-corrected chi connectivity index (χ1v) is 5.59. The van der Waals surface area contributed by atoms with Gasteiger partial charge in [0.25, 0.3) is 0 Å². The molecule has 3 rings (SSSR count). The van der Waals surface area contributed by atoms with Crippen LogP contribution in [0.1, 0.15) is 0 Å². The second-order valence-corrected chi connectivity index (χ2v) is 4.50. The zero-order chi connectivity index (χ0) is 7.97. The summed E-state index contributed by atoms with van der Waals surface area (Å²) in [6.07, 6.45) is 0. The average molecular weight is 190 g/mol. The van der Waals surface area contributed by atoms with Crippen LogP contribution < -0.4 is 0 Å². The van der Waals surface area contributed by atoms with Crippen LogP contribution in [0.4, 0.5) is 0 Å². The highest BCUT2D eigenvalue weighted by Crippen LogP contribution is 2.28. The maximum atomic E-state index is 2.27. The van der Waals surface area contributed by atoms with Crippen molar-refractivity contribution < 1.29 is 0 Å². The first-order valence-electron chi connectivity index (χ1n) is 3.77. The lowest BCUT2D eigenvalue weighted by Gasteiger charge is -1.89. The van der Waals surface area contributed by atoms with E-state index in [4.69, 9.17) is 0 Å². The number of fused-ring (bicyclic) bond motifs is 2. The van der Waals surface area contributed by atoms with Gasteiger partial charge in [0.05, 0.1) is 0 Å². The van der Waals surface area contributed by atoms with E-state index in [1.54, 1.807) is 11.3 Å². The van der Waals surface area contributed by atoms with E-state index < -0.39 is 0 Å². The van der Waals surface area contributed by atoms with Crippen LogP contribution in [0.15, 0.2) is 34.3 Å². The summed E-state index contributed by atoms with van der Waals surface area (Å²) in [6, 6.07) is 6.71. The average Bonchev–Trinajstić information content (AvgIpc) is 2.64. The van der Waals surface area contributed by atoms with E-state index in [0.717, 1.165) is 0 Å². The lowest BCUT2D eigenvalue weighted by Crippen LogP contribution is -1.62. The molecule has 0 fully saturated rings. The monoisotopic (exact) mass is 190 g/mol. The number of hydrogen-bond donors (Lipinski definition) is 0. The minimum atomic E-state index is 1.37. The molecule has 0 atom stereocenters. The van der Waals surface area contributed by atoms with Crippen LogP contribution in [-0.4, -0.2) is 0 Å². The normalized spacial score (nSPS) is 11.3. The van der Waals surface area contributed by atoms with Crippen molar-refractivity contribution in [3.8, 4) is 0 Å². The third-order valence-corrected chi connectivity index (χ3v) is 3.71. The lowest BCUT2D eigenvalue weighted by molar-refractivity contribution is 2.03. The van der Waals surface area contributed by atoms with Gasteiger partial charge in [0, 0.05) is 4.70 Å². The molecule has 0 spiro atoms. The molecular formula is C10H6S2. The standard InChI is InChI=1S/C10H6S2/c1-2-12-10-4-9-6-11-5-8(9)3-7(1)10/h1-6H. The van der Waals surface area contributed by atoms with E-state index in [0.29, 0.717) is 0 Å². The Morgan fingerprint density at radius 2 is 1.75 bits per heavy atom. The van der Waals surface area contributed by atoms with Crippen LogP contribution >= 0.6 is 22.7 Å². The molecule has 0 unspecified atom stereocenters. The zero-order valence-electron chi connectivity index (χ0n) is 6.28. The predicted molar refractivity (Wildman–Crippen MR) is 57.2 cm³/mol. The van der Waals surface area contributed by atoms with Crippen LogP contribution in [-0.2, 0) is 0 Å². The van der Waals surface area contributed by atoms with Crippen molar-refractivity contribution >= 4 is 43.5 Å². The smallest absolute Gasteiger partial charge is 0.0349 e. The molecule has 0 amide bonds. The third-order valence-electron chi connectivity index (χ3n) is 2.05. The van der Waals surface area contributed by atoms with Crippen LogP contribution in [0.25, 0.3) is 20.9 Å². The summed E-state index contributed by atoms with van der Waals surface area (Å²) in [7, 11) is 0. The molecule has 0 N–H and O–H groups in total. The van der Waals surface area contributed by atoms with Gasteiger partial charge in [0.1, 0.15) is 0 Å². The molecule has 0 radical (unpaired) electrons. The van der Waals surface area contributed by atoms with Gasteiger partial charge in [0.15, 0.2) is 0 Å². The highest BCUT2D eigenvalue weighted by Gasteiger charge is 1.98. The second-order valence-electron chi connectivity index (χ2n) is 2.81. The molecule has 0 aliphatic heterocycles. The van der Waals surface area contributed by atoms with Crippen molar-refractivity contribution in [2.24, 2.45) is 0 Å². The van der Waals surface area contributed by atoms with Crippen molar-refractivity contribution in [3.63, 3.8) is 0 Å². The van der Waals surface area contributed by atoms with Gasteiger partial charge in [-0.15, -0.1) is 11.3 Å². The summed E-state index contributed by atoms with van der Waals surface area (Å²) in [5, 5.41) is 10.7. The summed E-state index contributed by atoms with van der Waals surface area (Å²) < 4.78 is 1.39. The highest BCUT2D eigenvalue weighted by molar-refractivity contribution is 7.17. The topological polar surface area (TPSA) is 0 Å². The van der Waals surface area contributed by atoms with Crippen molar-refractivity contribution in [2.75, 3.05) is 0 Å². The van der Waals surface area contributed by atoms with E-state index in [-0.39, 0.29) is 0 Å². The maximum Gasteiger partial charge on any atom is 0.0349 e. The molecule has 3 aromatic rings. The SMILES string of the molecule is c1cc2cc3cscc3cc2s1. The minimum absolute atomic E-state index is 1.37.